The number of aryl methyl sites for hydroxylation is 1. The fourth-order valence-corrected chi connectivity index (χ4v) is 2.79. The van der Waals surface area contributed by atoms with Crippen molar-refractivity contribution < 1.29 is 14.3 Å². The number of anilines is 1. The molecule has 0 atom stereocenters. The molecule has 2 amide bonds. The van der Waals surface area contributed by atoms with E-state index >= 15 is 0 Å². The molecule has 144 valence electrons. The standard InChI is InChI=1S/C22H28N2O3/c1-16(2)27-21-12-8-7-11-20(21)24(18(4)25)14-13-22(26)23-15-19-10-6-5-9-17(19)3/h5-12,16H,13-15H2,1-4H3,(H,23,26). The molecule has 0 aliphatic rings. The largest absolute Gasteiger partial charge is 0.489 e. The molecule has 0 fully saturated rings. The molecule has 5 heteroatoms. The highest BCUT2D eigenvalue weighted by molar-refractivity contribution is 5.93. The zero-order valence-corrected chi connectivity index (χ0v) is 16.5. The van der Waals surface area contributed by atoms with E-state index in [-0.39, 0.29) is 24.3 Å². The van der Waals surface area contributed by atoms with E-state index in [0.717, 1.165) is 11.1 Å². The van der Waals surface area contributed by atoms with Crippen molar-refractivity contribution in [2.45, 2.75) is 46.8 Å². The lowest BCUT2D eigenvalue weighted by molar-refractivity contribution is -0.121. The Bertz CT molecular complexity index is 787. The Hall–Kier alpha value is -2.82. The van der Waals surface area contributed by atoms with E-state index < -0.39 is 0 Å². The average molecular weight is 368 g/mol. The molecule has 0 aliphatic heterocycles. The van der Waals surface area contributed by atoms with Gasteiger partial charge in [-0.3, -0.25) is 9.59 Å². The quantitative estimate of drug-likeness (QED) is 0.770. The first-order valence-electron chi connectivity index (χ1n) is 9.23. The van der Waals surface area contributed by atoms with E-state index in [1.807, 2.05) is 69.3 Å². The van der Waals surface area contributed by atoms with Crippen LogP contribution in [0.1, 0.15) is 38.3 Å². The molecular weight excluding hydrogens is 340 g/mol. The summed E-state index contributed by atoms with van der Waals surface area (Å²) in [5.41, 5.74) is 2.92. The fourth-order valence-electron chi connectivity index (χ4n) is 2.79. The Kier molecular flexibility index (Phi) is 7.41. The number of hydrogen-bond donors (Lipinski definition) is 1. The molecule has 0 spiro atoms. The van der Waals surface area contributed by atoms with Crippen molar-refractivity contribution in [3.63, 3.8) is 0 Å². The Balaban J connectivity index is 2.00. The molecule has 2 aromatic carbocycles. The number of nitrogens with one attached hydrogen (secondary N) is 1. The highest BCUT2D eigenvalue weighted by Gasteiger charge is 2.18. The molecule has 0 unspecified atom stereocenters. The predicted molar refractivity (Wildman–Crippen MR) is 108 cm³/mol. The highest BCUT2D eigenvalue weighted by atomic mass is 16.5. The summed E-state index contributed by atoms with van der Waals surface area (Å²) in [5, 5.41) is 2.92. The Labute approximate surface area is 161 Å². The number of carbonyl (C=O) groups is 2. The van der Waals surface area contributed by atoms with Crippen LogP contribution in [0.2, 0.25) is 0 Å². The summed E-state index contributed by atoms with van der Waals surface area (Å²) in [7, 11) is 0. The van der Waals surface area contributed by atoms with Gasteiger partial charge in [0.2, 0.25) is 11.8 Å². The van der Waals surface area contributed by atoms with Crippen LogP contribution in [0.5, 0.6) is 5.75 Å². The topological polar surface area (TPSA) is 58.6 Å². The summed E-state index contributed by atoms with van der Waals surface area (Å²) >= 11 is 0. The summed E-state index contributed by atoms with van der Waals surface area (Å²) in [6.45, 7) is 8.18. The van der Waals surface area contributed by atoms with Gasteiger partial charge in [0.1, 0.15) is 5.75 Å². The maximum absolute atomic E-state index is 12.3. The number of ether oxygens (including phenoxy) is 1. The minimum Gasteiger partial charge on any atom is -0.489 e. The van der Waals surface area contributed by atoms with Gasteiger partial charge in [-0.1, -0.05) is 36.4 Å². The molecule has 0 aromatic heterocycles. The van der Waals surface area contributed by atoms with Crippen molar-refractivity contribution in [1.82, 2.24) is 5.32 Å². The normalized spacial score (nSPS) is 10.6. The summed E-state index contributed by atoms with van der Waals surface area (Å²) in [6.07, 6.45) is 0.221. The Morgan fingerprint density at radius 2 is 1.74 bits per heavy atom. The zero-order valence-electron chi connectivity index (χ0n) is 16.5. The fraction of sp³-hybridized carbons (Fsp3) is 0.364. The van der Waals surface area contributed by atoms with Crippen LogP contribution in [0, 0.1) is 6.92 Å². The lowest BCUT2D eigenvalue weighted by Gasteiger charge is -2.24. The highest BCUT2D eigenvalue weighted by Crippen LogP contribution is 2.29. The van der Waals surface area contributed by atoms with Gasteiger partial charge in [-0.25, -0.2) is 0 Å². The number of nitrogens with zero attached hydrogens (tertiary/aromatic N) is 1. The lowest BCUT2D eigenvalue weighted by atomic mass is 10.1. The molecule has 0 saturated carbocycles. The third-order valence-corrected chi connectivity index (χ3v) is 4.20. The number of amides is 2. The maximum atomic E-state index is 12.3. The molecule has 0 heterocycles. The average Bonchev–Trinajstić information content (AvgIpc) is 2.62. The first-order valence-corrected chi connectivity index (χ1v) is 9.23. The summed E-state index contributed by atoms with van der Waals surface area (Å²) in [5.74, 6) is 0.427. The third-order valence-electron chi connectivity index (χ3n) is 4.20. The van der Waals surface area contributed by atoms with Crippen LogP contribution in [0.3, 0.4) is 0 Å². The third kappa shape index (κ3) is 6.13. The van der Waals surface area contributed by atoms with Crippen LogP contribution < -0.4 is 15.0 Å². The SMILES string of the molecule is CC(=O)N(CCC(=O)NCc1ccccc1C)c1ccccc1OC(C)C. The molecule has 2 rings (SSSR count). The van der Waals surface area contributed by atoms with Gasteiger partial charge in [0.15, 0.2) is 0 Å². The van der Waals surface area contributed by atoms with Crippen LogP contribution >= 0.6 is 0 Å². The maximum Gasteiger partial charge on any atom is 0.223 e. The van der Waals surface area contributed by atoms with E-state index in [2.05, 4.69) is 5.32 Å². The van der Waals surface area contributed by atoms with Gasteiger partial charge >= 0.3 is 0 Å². The molecule has 5 nitrogen and oxygen atoms in total. The van der Waals surface area contributed by atoms with Crippen LogP contribution in [0.4, 0.5) is 5.69 Å². The smallest absolute Gasteiger partial charge is 0.223 e. The van der Waals surface area contributed by atoms with Crippen LogP contribution in [-0.4, -0.2) is 24.5 Å². The number of rotatable bonds is 8. The van der Waals surface area contributed by atoms with Crippen molar-refractivity contribution in [2.75, 3.05) is 11.4 Å². The van der Waals surface area contributed by atoms with Crippen molar-refractivity contribution in [1.29, 1.82) is 0 Å². The molecule has 0 aliphatic carbocycles. The number of benzene rings is 2. The van der Waals surface area contributed by atoms with Gasteiger partial charge in [-0.05, 0) is 44.0 Å². The number of para-hydroxylation sites is 2. The van der Waals surface area contributed by atoms with Crippen LogP contribution in [0.15, 0.2) is 48.5 Å². The predicted octanol–water partition coefficient (Wildman–Crippen LogP) is 3.84. The second-order valence-corrected chi connectivity index (χ2v) is 6.76. The van der Waals surface area contributed by atoms with E-state index in [0.29, 0.717) is 24.5 Å². The second kappa shape index (κ2) is 9.76. The molecule has 1 N–H and O–H groups in total. The van der Waals surface area contributed by atoms with Gasteiger partial charge < -0.3 is 15.0 Å². The van der Waals surface area contributed by atoms with E-state index in [4.69, 9.17) is 4.74 Å². The van der Waals surface area contributed by atoms with Gasteiger partial charge in [0.05, 0.1) is 11.8 Å². The van der Waals surface area contributed by atoms with Crippen molar-refractivity contribution in [2.24, 2.45) is 0 Å². The summed E-state index contributed by atoms with van der Waals surface area (Å²) in [4.78, 5) is 26.0. The van der Waals surface area contributed by atoms with E-state index in [1.165, 1.54) is 6.92 Å². The lowest BCUT2D eigenvalue weighted by Crippen LogP contribution is -2.34. The minimum absolute atomic E-state index is 0.00244. The van der Waals surface area contributed by atoms with E-state index in [1.54, 1.807) is 4.90 Å². The minimum atomic E-state index is -0.124. The molecule has 0 saturated heterocycles. The summed E-state index contributed by atoms with van der Waals surface area (Å²) < 4.78 is 5.81. The van der Waals surface area contributed by atoms with Crippen molar-refractivity contribution in [3.05, 3.63) is 59.7 Å². The second-order valence-electron chi connectivity index (χ2n) is 6.76. The molecule has 2 aromatic rings. The van der Waals surface area contributed by atoms with Gasteiger partial charge in [-0.2, -0.15) is 0 Å². The molecule has 27 heavy (non-hydrogen) atoms. The monoisotopic (exact) mass is 368 g/mol. The molecular formula is C22H28N2O3. The van der Waals surface area contributed by atoms with Crippen molar-refractivity contribution >= 4 is 17.5 Å². The van der Waals surface area contributed by atoms with Gasteiger partial charge in [0, 0.05) is 26.4 Å². The first kappa shape index (κ1) is 20.5. The number of carbonyl (C=O) groups excluding carboxylic acids is 2. The van der Waals surface area contributed by atoms with E-state index in [9.17, 15) is 9.59 Å². The number of hydrogen-bond acceptors (Lipinski definition) is 3. The first-order chi connectivity index (χ1) is 12.9. The summed E-state index contributed by atoms with van der Waals surface area (Å²) in [6, 6.07) is 15.3. The Morgan fingerprint density at radius 3 is 2.41 bits per heavy atom. The van der Waals surface area contributed by atoms with Gasteiger partial charge in [-0.15, -0.1) is 0 Å². The molecule has 0 bridgehead atoms. The molecule has 0 radical (unpaired) electrons. The zero-order chi connectivity index (χ0) is 19.8. The van der Waals surface area contributed by atoms with Crippen LogP contribution in [-0.2, 0) is 16.1 Å². The van der Waals surface area contributed by atoms with Crippen LogP contribution in [0.25, 0.3) is 0 Å². The van der Waals surface area contributed by atoms with Gasteiger partial charge in [0.25, 0.3) is 0 Å². The Morgan fingerprint density at radius 1 is 1.07 bits per heavy atom. The van der Waals surface area contributed by atoms with Crippen molar-refractivity contribution in [3.8, 4) is 5.75 Å².